The SMILES string of the molecule is CCNC(CSCC(C)C)c1cccc(OC)c1F. The molecule has 2 nitrogen and oxygen atoms in total. The maximum absolute atomic E-state index is 14.3. The molecule has 1 aromatic carbocycles. The Balaban J connectivity index is 2.80. The van der Waals surface area contributed by atoms with Gasteiger partial charge in [0.1, 0.15) is 0 Å². The van der Waals surface area contributed by atoms with E-state index in [1.165, 1.54) is 7.11 Å². The molecule has 0 radical (unpaired) electrons. The summed E-state index contributed by atoms with van der Waals surface area (Å²) in [4.78, 5) is 0. The standard InChI is InChI=1S/C15H24FNOS/c1-5-17-13(10-19-9-11(2)3)12-7-6-8-14(18-4)15(12)16/h6-8,11,13,17H,5,9-10H2,1-4H3. The van der Waals surface area contributed by atoms with Crippen molar-refractivity contribution in [2.45, 2.75) is 26.8 Å². The molecule has 0 heterocycles. The number of benzene rings is 1. The van der Waals surface area contributed by atoms with Gasteiger partial charge in [-0.1, -0.05) is 32.9 Å². The smallest absolute Gasteiger partial charge is 0.169 e. The van der Waals surface area contributed by atoms with Crippen LogP contribution in [0.25, 0.3) is 0 Å². The molecule has 0 aliphatic carbocycles. The fourth-order valence-corrected chi connectivity index (χ4v) is 3.02. The Bertz CT molecular complexity index is 384. The van der Waals surface area contributed by atoms with E-state index < -0.39 is 0 Å². The minimum Gasteiger partial charge on any atom is -0.494 e. The average molecular weight is 285 g/mol. The molecule has 1 N–H and O–H groups in total. The summed E-state index contributed by atoms with van der Waals surface area (Å²) in [6.07, 6.45) is 0. The number of methoxy groups -OCH3 is 1. The minimum absolute atomic E-state index is 0.0313. The molecular weight excluding hydrogens is 261 g/mol. The van der Waals surface area contributed by atoms with E-state index >= 15 is 0 Å². The van der Waals surface area contributed by atoms with Crippen molar-refractivity contribution in [2.75, 3.05) is 25.2 Å². The molecule has 0 saturated carbocycles. The molecule has 0 bridgehead atoms. The first kappa shape index (κ1) is 16.3. The molecule has 0 amide bonds. The van der Waals surface area contributed by atoms with Gasteiger partial charge in [-0.2, -0.15) is 11.8 Å². The zero-order valence-corrected chi connectivity index (χ0v) is 13.0. The topological polar surface area (TPSA) is 21.3 Å². The molecule has 0 aromatic heterocycles. The van der Waals surface area contributed by atoms with E-state index in [9.17, 15) is 4.39 Å². The van der Waals surface area contributed by atoms with Crippen LogP contribution in [-0.2, 0) is 0 Å². The second-order valence-electron chi connectivity index (χ2n) is 4.91. The van der Waals surface area contributed by atoms with Crippen LogP contribution in [0, 0.1) is 11.7 Å². The van der Waals surface area contributed by atoms with Gasteiger partial charge in [0.2, 0.25) is 0 Å². The second kappa shape index (κ2) is 8.43. The molecule has 1 rings (SSSR count). The molecule has 0 saturated heterocycles. The second-order valence-corrected chi connectivity index (χ2v) is 5.98. The lowest BCUT2D eigenvalue weighted by Crippen LogP contribution is -2.24. The Morgan fingerprint density at radius 2 is 2.05 bits per heavy atom. The molecule has 19 heavy (non-hydrogen) atoms. The van der Waals surface area contributed by atoms with Gasteiger partial charge in [-0.05, 0) is 24.3 Å². The molecule has 0 aliphatic rings. The van der Waals surface area contributed by atoms with E-state index in [0.717, 1.165) is 18.1 Å². The Morgan fingerprint density at radius 3 is 2.63 bits per heavy atom. The third kappa shape index (κ3) is 5.03. The molecule has 1 unspecified atom stereocenters. The zero-order valence-electron chi connectivity index (χ0n) is 12.2. The predicted octanol–water partition coefficient (Wildman–Crippen LogP) is 3.87. The highest BCUT2D eigenvalue weighted by molar-refractivity contribution is 7.99. The van der Waals surface area contributed by atoms with Gasteiger partial charge in [-0.3, -0.25) is 0 Å². The van der Waals surface area contributed by atoms with Gasteiger partial charge in [0, 0.05) is 17.4 Å². The van der Waals surface area contributed by atoms with E-state index in [2.05, 4.69) is 19.2 Å². The lowest BCUT2D eigenvalue weighted by Gasteiger charge is -2.20. The summed E-state index contributed by atoms with van der Waals surface area (Å²) in [6, 6.07) is 5.36. The highest BCUT2D eigenvalue weighted by atomic mass is 32.2. The van der Waals surface area contributed by atoms with Gasteiger partial charge in [0.05, 0.1) is 7.11 Å². The largest absolute Gasteiger partial charge is 0.494 e. The molecule has 0 spiro atoms. The normalized spacial score (nSPS) is 12.7. The summed E-state index contributed by atoms with van der Waals surface area (Å²) >= 11 is 1.86. The van der Waals surface area contributed by atoms with Crippen LogP contribution in [0.4, 0.5) is 4.39 Å². The third-order valence-electron chi connectivity index (χ3n) is 2.77. The van der Waals surface area contributed by atoms with Crippen molar-refractivity contribution in [3.8, 4) is 5.75 Å². The lowest BCUT2D eigenvalue weighted by molar-refractivity contribution is 0.381. The number of nitrogens with one attached hydrogen (secondary N) is 1. The van der Waals surface area contributed by atoms with Crippen molar-refractivity contribution in [1.82, 2.24) is 5.32 Å². The number of rotatable bonds is 8. The van der Waals surface area contributed by atoms with Gasteiger partial charge in [-0.25, -0.2) is 4.39 Å². The molecule has 0 fully saturated rings. The van der Waals surface area contributed by atoms with E-state index in [0.29, 0.717) is 17.2 Å². The highest BCUT2D eigenvalue weighted by Gasteiger charge is 2.17. The van der Waals surface area contributed by atoms with Crippen LogP contribution >= 0.6 is 11.8 Å². The van der Waals surface area contributed by atoms with Gasteiger partial charge in [0.25, 0.3) is 0 Å². The predicted molar refractivity (Wildman–Crippen MR) is 81.5 cm³/mol. The van der Waals surface area contributed by atoms with Crippen molar-refractivity contribution >= 4 is 11.8 Å². The maximum Gasteiger partial charge on any atom is 0.169 e. The Kier molecular flexibility index (Phi) is 7.24. The zero-order chi connectivity index (χ0) is 14.3. The fourth-order valence-electron chi connectivity index (χ4n) is 1.88. The fraction of sp³-hybridized carbons (Fsp3) is 0.600. The summed E-state index contributed by atoms with van der Waals surface area (Å²) in [6.45, 7) is 7.25. The first-order valence-electron chi connectivity index (χ1n) is 6.73. The number of ether oxygens (including phenoxy) is 1. The van der Waals surface area contributed by atoms with Crippen LogP contribution in [0.5, 0.6) is 5.75 Å². The van der Waals surface area contributed by atoms with E-state index in [-0.39, 0.29) is 11.9 Å². The number of hydrogen-bond donors (Lipinski definition) is 1. The molecule has 4 heteroatoms. The molecule has 1 atom stereocenters. The van der Waals surface area contributed by atoms with Crippen LogP contribution in [0.3, 0.4) is 0 Å². The number of hydrogen-bond acceptors (Lipinski definition) is 3. The lowest BCUT2D eigenvalue weighted by atomic mass is 10.1. The van der Waals surface area contributed by atoms with Crippen LogP contribution in [0.1, 0.15) is 32.4 Å². The Hall–Kier alpha value is -0.740. The van der Waals surface area contributed by atoms with Crippen LogP contribution < -0.4 is 10.1 Å². The summed E-state index contributed by atoms with van der Waals surface area (Å²) in [5.74, 6) is 2.68. The van der Waals surface area contributed by atoms with Crippen LogP contribution in [0.15, 0.2) is 18.2 Å². The average Bonchev–Trinajstić information content (AvgIpc) is 2.38. The highest BCUT2D eigenvalue weighted by Crippen LogP contribution is 2.27. The third-order valence-corrected chi connectivity index (χ3v) is 4.25. The summed E-state index contributed by atoms with van der Waals surface area (Å²) in [5, 5.41) is 3.35. The summed E-state index contributed by atoms with van der Waals surface area (Å²) in [7, 11) is 1.50. The minimum atomic E-state index is -0.249. The maximum atomic E-state index is 14.3. The molecule has 1 aromatic rings. The van der Waals surface area contributed by atoms with Gasteiger partial charge in [0.15, 0.2) is 11.6 Å². The molecule has 108 valence electrons. The number of halogens is 1. The van der Waals surface area contributed by atoms with Crippen molar-refractivity contribution in [3.05, 3.63) is 29.6 Å². The first-order valence-corrected chi connectivity index (χ1v) is 7.89. The van der Waals surface area contributed by atoms with Crippen molar-refractivity contribution < 1.29 is 9.13 Å². The van der Waals surface area contributed by atoms with Gasteiger partial charge >= 0.3 is 0 Å². The van der Waals surface area contributed by atoms with Crippen LogP contribution in [-0.4, -0.2) is 25.2 Å². The van der Waals surface area contributed by atoms with Gasteiger partial charge in [-0.15, -0.1) is 0 Å². The summed E-state index contributed by atoms with van der Waals surface area (Å²) < 4.78 is 19.3. The Morgan fingerprint density at radius 1 is 1.32 bits per heavy atom. The van der Waals surface area contributed by atoms with E-state index in [1.54, 1.807) is 6.07 Å². The number of thioether (sulfide) groups is 1. The first-order chi connectivity index (χ1) is 9.10. The van der Waals surface area contributed by atoms with Gasteiger partial charge < -0.3 is 10.1 Å². The van der Waals surface area contributed by atoms with Crippen molar-refractivity contribution in [3.63, 3.8) is 0 Å². The molecular formula is C15H24FNOS. The van der Waals surface area contributed by atoms with E-state index in [1.807, 2.05) is 30.8 Å². The van der Waals surface area contributed by atoms with Crippen molar-refractivity contribution in [2.24, 2.45) is 5.92 Å². The van der Waals surface area contributed by atoms with E-state index in [4.69, 9.17) is 4.74 Å². The Labute approximate surface area is 120 Å². The summed E-state index contributed by atoms with van der Waals surface area (Å²) in [5.41, 5.74) is 0.692. The molecule has 0 aliphatic heterocycles. The monoisotopic (exact) mass is 285 g/mol. The van der Waals surface area contributed by atoms with Crippen LogP contribution in [0.2, 0.25) is 0 Å². The quantitative estimate of drug-likeness (QED) is 0.783. The van der Waals surface area contributed by atoms with Crippen molar-refractivity contribution in [1.29, 1.82) is 0 Å².